The first-order valence-electron chi connectivity index (χ1n) is 15.4. The summed E-state index contributed by atoms with van der Waals surface area (Å²) in [6.45, 7) is 1.52. The predicted molar refractivity (Wildman–Crippen MR) is 166 cm³/mol. The first-order valence-corrected chi connectivity index (χ1v) is 15.4. The summed E-state index contributed by atoms with van der Waals surface area (Å²) in [6, 6.07) is -0.734. The maximum atomic E-state index is 15.8. The van der Waals surface area contributed by atoms with E-state index in [1.165, 1.54) is 42.1 Å². The van der Waals surface area contributed by atoms with Gasteiger partial charge in [0, 0.05) is 29.1 Å². The zero-order valence-electron chi connectivity index (χ0n) is 26.3. The Bertz CT molecular complexity index is 1640. The number of rotatable bonds is 9. The number of aromatic nitrogens is 5. The van der Waals surface area contributed by atoms with Gasteiger partial charge in [-0.15, -0.1) is 0 Å². The van der Waals surface area contributed by atoms with E-state index >= 15 is 8.78 Å². The highest BCUT2D eigenvalue weighted by atomic mass is 19.3. The van der Waals surface area contributed by atoms with Gasteiger partial charge in [0.05, 0.1) is 42.9 Å². The lowest BCUT2D eigenvalue weighted by Gasteiger charge is -2.57. The molecule has 2 N–H and O–H groups in total. The molecule has 20 heteroatoms. The minimum atomic E-state index is -3.33. The van der Waals surface area contributed by atoms with Crippen molar-refractivity contribution in [3.05, 3.63) is 41.1 Å². The van der Waals surface area contributed by atoms with Crippen LogP contribution in [0, 0.1) is 12.8 Å². The van der Waals surface area contributed by atoms with E-state index in [2.05, 4.69) is 30.7 Å². The number of ether oxygens (including phenoxy) is 1. The van der Waals surface area contributed by atoms with Crippen LogP contribution in [0.5, 0.6) is 0 Å². The van der Waals surface area contributed by atoms with Crippen molar-refractivity contribution in [2.45, 2.75) is 86.2 Å². The fourth-order valence-corrected chi connectivity index (χ4v) is 6.61. The Kier molecular flexibility index (Phi) is 7.96. The molecule has 0 bridgehead atoms. The van der Waals surface area contributed by atoms with Gasteiger partial charge in [0.1, 0.15) is 37.1 Å². The number of fused-ring (bicyclic) bond motifs is 1. The van der Waals surface area contributed by atoms with E-state index in [4.69, 9.17) is 9.72 Å². The number of urea groups is 1. The highest BCUT2D eigenvalue weighted by molar-refractivity contribution is 6.48. The fraction of sp³-hybridized carbons (Fsp3) is 0.615. The zero-order valence-corrected chi connectivity index (χ0v) is 26.3. The number of nitrogens with one attached hydrogen (secondary N) is 2. The number of hydrogen-bond donors (Lipinski definition) is 2. The molecule has 3 aromatic rings. The molecule has 3 fully saturated rings. The third-order valence-electron chi connectivity index (χ3n) is 9.57. The number of amides is 3. The molecule has 2 atom stereocenters. The van der Waals surface area contributed by atoms with Gasteiger partial charge < -0.3 is 20.3 Å². The van der Waals surface area contributed by atoms with Crippen molar-refractivity contribution in [1.82, 2.24) is 40.4 Å². The molecule has 1 saturated heterocycles. The molecule has 6 rings (SSSR count). The lowest BCUT2D eigenvalue weighted by molar-refractivity contribution is -0.109. The van der Waals surface area contributed by atoms with Crippen molar-refractivity contribution < 1.29 is 36.5 Å². The van der Waals surface area contributed by atoms with E-state index in [9.17, 15) is 18.4 Å². The minimum absolute atomic E-state index is 0.0130. The molecular weight excluding hydrogens is 608 g/mol. The van der Waals surface area contributed by atoms with E-state index in [1.807, 2.05) is 0 Å². The van der Waals surface area contributed by atoms with Gasteiger partial charge >= 0.3 is 6.03 Å². The molecule has 2 aliphatic carbocycles. The normalized spacial score (nSPS) is 23.5. The molecule has 0 spiro atoms. The molecule has 3 aromatic heterocycles. The molecule has 1 aliphatic heterocycles. The molecule has 0 radical (unpaired) electrons. The Balaban J connectivity index is 1.36. The van der Waals surface area contributed by atoms with E-state index in [0.29, 0.717) is 16.9 Å². The van der Waals surface area contributed by atoms with Gasteiger partial charge in [-0.2, -0.15) is 5.10 Å². The Morgan fingerprint density at radius 2 is 1.85 bits per heavy atom. The average Bonchev–Trinajstić information content (AvgIpc) is 3.54. The van der Waals surface area contributed by atoms with Gasteiger partial charge in [0.2, 0.25) is 5.92 Å². The Hall–Kier alpha value is -3.56. The SMILES string of the molecule is BC1(B)NC(=O)N([C@H](COC2CC2)c2cnn3cc([C@@H](NC(=O)c4nonc4C)C4CCC(F)(F)CC4)nc3c2)C(B)(B)C1(F)F. The molecule has 242 valence electrons. The van der Waals surface area contributed by atoms with Crippen LogP contribution >= 0.6 is 0 Å². The van der Waals surface area contributed by atoms with E-state index in [1.54, 1.807) is 19.2 Å². The minimum Gasteiger partial charge on any atom is -0.376 e. The van der Waals surface area contributed by atoms with Crippen LogP contribution in [0.1, 0.15) is 78.0 Å². The number of carbonyl (C=O) groups excluding carboxylic acids is 2. The monoisotopic (exact) mass is 642 g/mol. The van der Waals surface area contributed by atoms with Crippen LogP contribution < -0.4 is 10.6 Å². The molecule has 2 saturated carbocycles. The van der Waals surface area contributed by atoms with Gasteiger partial charge in [0.15, 0.2) is 11.3 Å². The van der Waals surface area contributed by atoms with Crippen LogP contribution in [0.3, 0.4) is 0 Å². The summed E-state index contributed by atoms with van der Waals surface area (Å²) < 4.78 is 71.9. The van der Waals surface area contributed by atoms with Crippen LogP contribution in [0.25, 0.3) is 5.65 Å². The number of imidazole rings is 1. The van der Waals surface area contributed by atoms with Crippen LogP contribution in [-0.2, 0) is 4.74 Å². The van der Waals surface area contributed by atoms with Crippen molar-refractivity contribution in [2.24, 2.45) is 5.92 Å². The second kappa shape index (κ2) is 11.3. The number of hydrogen-bond acceptors (Lipinski definition) is 8. The Morgan fingerprint density at radius 3 is 2.48 bits per heavy atom. The molecule has 4 heterocycles. The zero-order chi connectivity index (χ0) is 33.2. The number of halogens is 4. The molecule has 12 nitrogen and oxygen atoms in total. The van der Waals surface area contributed by atoms with Crippen LogP contribution in [0.15, 0.2) is 23.1 Å². The average molecular weight is 642 g/mol. The summed E-state index contributed by atoms with van der Waals surface area (Å²) in [5, 5.41) is 13.4. The van der Waals surface area contributed by atoms with Crippen molar-refractivity contribution in [3.63, 3.8) is 0 Å². The Labute approximate surface area is 265 Å². The highest BCUT2D eigenvalue weighted by Crippen LogP contribution is 2.44. The Morgan fingerprint density at radius 1 is 1.15 bits per heavy atom. The molecular formula is C26H34B4F4N8O4. The van der Waals surface area contributed by atoms with Gasteiger partial charge in [-0.1, -0.05) is 5.16 Å². The van der Waals surface area contributed by atoms with Gasteiger partial charge in [-0.25, -0.2) is 36.5 Å². The van der Waals surface area contributed by atoms with Gasteiger partial charge in [-0.05, 0) is 49.7 Å². The third kappa shape index (κ3) is 5.77. The highest BCUT2D eigenvalue weighted by Gasteiger charge is 2.65. The van der Waals surface area contributed by atoms with E-state index in [0.717, 1.165) is 17.7 Å². The number of aryl methyl sites for hydroxylation is 1. The first-order chi connectivity index (χ1) is 21.5. The third-order valence-corrected chi connectivity index (χ3v) is 9.57. The number of alkyl halides is 4. The quantitative estimate of drug-likeness (QED) is 0.234. The topological polar surface area (TPSA) is 140 Å². The largest absolute Gasteiger partial charge is 0.376 e. The van der Waals surface area contributed by atoms with Crippen molar-refractivity contribution >= 4 is 49.0 Å². The smallest absolute Gasteiger partial charge is 0.316 e. The number of nitrogens with zero attached hydrogens (tertiary/aromatic N) is 6. The van der Waals surface area contributed by atoms with Crippen LogP contribution in [0.4, 0.5) is 22.4 Å². The number of carbonyl (C=O) groups is 2. The fourth-order valence-electron chi connectivity index (χ4n) is 6.61. The van der Waals surface area contributed by atoms with E-state index in [-0.39, 0.29) is 55.7 Å². The predicted octanol–water partition coefficient (Wildman–Crippen LogP) is -0.562. The van der Waals surface area contributed by atoms with Gasteiger partial charge in [0.25, 0.3) is 11.8 Å². The lowest BCUT2D eigenvalue weighted by Crippen LogP contribution is -2.83. The van der Waals surface area contributed by atoms with Gasteiger partial charge in [-0.3, -0.25) is 4.79 Å². The second-order valence-electron chi connectivity index (χ2n) is 13.7. The molecule has 0 aromatic carbocycles. The molecule has 3 amide bonds. The lowest BCUT2D eigenvalue weighted by atomic mass is 9.43. The summed E-state index contributed by atoms with van der Waals surface area (Å²) in [5.41, 5.74) is 1.34. The summed E-state index contributed by atoms with van der Waals surface area (Å²) in [6.07, 6.45) is 4.36. The summed E-state index contributed by atoms with van der Waals surface area (Å²) in [7, 11) is 5.26. The van der Waals surface area contributed by atoms with Crippen molar-refractivity contribution in [2.75, 3.05) is 6.61 Å². The first kappa shape index (κ1) is 32.4. The standard InChI is InChI=1S/C26H34B4F4N8O4/c1-12-19(40-46-39-12)21(43)37-20(13-4-6-23(31,32)7-5-13)16-10-41-18(36-16)8-14(9-35-41)17(11-45-15-2-3-15)42-22(44)38-25(27,28)24(33,34)26(42,29)30/h8-10,13,15,17,20H,2-7,11,27-30H2,1H3,(H,37,43)(H,38,44)/t17-,20+/m1/s1. The second-order valence-corrected chi connectivity index (χ2v) is 13.7. The van der Waals surface area contributed by atoms with Crippen LogP contribution in [0.2, 0.25) is 0 Å². The van der Waals surface area contributed by atoms with E-state index < -0.39 is 46.5 Å². The summed E-state index contributed by atoms with van der Waals surface area (Å²) in [4.78, 5) is 32.4. The molecule has 46 heavy (non-hydrogen) atoms. The van der Waals surface area contributed by atoms with Crippen LogP contribution in [-0.4, -0.2) is 108 Å². The molecule has 0 unspecified atom stereocenters. The summed E-state index contributed by atoms with van der Waals surface area (Å²) in [5.74, 6) is -7.07. The summed E-state index contributed by atoms with van der Waals surface area (Å²) >= 11 is 0. The molecule has 3 aliphatic rings. The van der Waals surface area contributed by atoms with Crippen molar-refractivity contribution in [1.29, 1.82) is 0 Å². The van der Waals surface area contributed by atoms with Crippen molar-refractivity contribution in [3.8, 4) is 0 Å². The maximum absolute atomic E-state index is 15.8. The maximum Gasteiger partial charge on any atom is 0.316 e.